The van der Waals surface area contributed by atoms with Crippen LogP contribution >= 0.6 is 0 Å². The number of aromatic nitrogens is 2. The predicted octanol–water partition coefficient (Wildman–Crippen LogP) is 2.83. The maximum absolute atomic E-state index is 4.06. The highest BCUT2D eigenvalue weighted by Crippen LogP contribution is 2.23. The lowest BCUT2D eigenvalue weighted by Gasteiger charge is -2.21. The lowest BCUT2D eigenvalue weighted by atomic mass is 10.1. The molecule has 1 N–H and O–H groups in total. The Morgan fingerprint density at radius 2 is 2.14 bits per heavy atom. The average molecular weight is 284 g/mol. The molecule has 3 rings (SSSR count). The van der Waals surface area contributed by atoms with E-state index in [0.29, 0.717) is 6.04 Å². The Kier molecular flexibility index (Phi) is 4.55. The smallest absolute Gasteiger partial charge is 0.0946 e. The van der Waals surface area contributed by atoms with E-state index in [9.17, 15) is 0 Å². The van der Waals surface area contributed by atoms with Crippen LogP contribution in [0.15, 0.2) is 43.0 Å². The zero-order valence-corrected chi connectivity index (χ0v) is 12.7. The second kappa shape index (κ2) is 6.76. The van der Waals surface area contributed by atoms with Gasteiger partial charge in [-0.1, -0.05) is 12.1 Å². The number of nitrogens with one attached hydrogen (secondary N) is 1. The second-order valence-electron chi connectivity index (χ2n) is 5.77. The van der Waals surface area contributed by atoms with Crippen molar-refractivity contribution >= 4 is 5.69 Å². The third-order valence-electron chi connectivity index (χ3n) is 4.22. The van der Waals surface area contributed by atoms with E-state index < -0.39 is 0 Å². The van der Waals surface area contributed by atoms with Crippen LogP contribution in [0.4, 0.5) is 5.69 Å². The van der Waals surface area contributed by atoms with Crippen LogP contribution in [-0.2, 0) is 6.54 Å². The van der Waals surface area contributed by atoms with Crippen LogP contribution in [0.25, 0.3) is 0 Å². The van der Waals surface area contributed by atoms with Crippen LogP contribution in [0, 0.1) is 0 Å². The molecule has 0 saturated carbocycles. The molecule has 1 aliphatic rings. The Morgan fingerprint density at radius 3 is 2.90 bits per heavy atom. The van der Waals surface area contributed by atoms with E-state index in [2.05, 4.69) is 51.0 Å². The summed E-state index contributed by atoms with van der Waals surface area (Å²) < 4.78 is 2.10. The highest BCUT2D eigenvalue weighted by atomic mass is 15.1. The first-order valence-corrected chi connectivity index (χ1v) is 7.87. The van der Waals surface area contributed by atoms with Crippen molar-refractivity contribution in [3.05, 3.63) is 48.5 Å². The second-order valence-corrected chi connectivity index (χ2v) is 5.77. The molecule has 4 heteroatoms. The molecule has 0 spiro atoms. The van der Waals surface area contributed by atoms with Gasteiger partial charge in [0.2, 0.25) is 0 Å². The molecule has 1 fully saturated rings. The zero-order chi connectivity index (χ0) is 14.5. The van der Waals surface area contributed by atoms with E-state index in [1.165, 1.54) is 37.2 Å². The lowest BCUT2D eigenvalue weighted by Crippen LogP contribution is -2.23. The van der Waals surface area contributed by atoms with E-state index in [4.69, 9.17) is 0 Å². The number of nitrogens with zero attached hydrogens (tertiary/aromatic N) is 3. The fourth-order valence-corrected chi connectivity index (χ4v) is 2.91. The first-order valence-electron chi connectivity index (χ1n) is 7.87. The van der Waals surface area contributed by atoms with Crippen LogP contribution < -0.4 is 10.2 Å². The average Bonchev–Trinajstić information content (AvgIpc) is 3.21. The highest BCUT2D eigenvalue weighted by Gasteiger charge is 2.13. The molecule has 0 amide bonds. The molecule has 1 aromatic heterocycles. The Morgan fingerprint density at radius 1 is 1.29 bits per heavy atom. The number of hydrogen-bond donors (Lipinski definition) is 1. The molecule has 1 atom stereocenters. The Hall–Kier alpha value is -1.81. The van der Waals surface area contributed by atoms with Gasteiger partial charge in [-0.3, -0.25) is 0 Å². The van der Waals surface area contributed by atoms with Crippen molar-refractivity contribution in [3.8, 4) is 0 Å². The monoisotopic (exact) mass is 284 g/mol. The summed E-state index contributed by atoms with van der Waals surface area (Å²) >= 11 is 0. The quantitative estimate of drug-likeness (QED) is 0.885. The number of benzene rings is 1. The zero-order valence-electron chi connectivity index (χ0n) is 12.7. The molecule has 4 nitrogen and oxygen atoms in total. The molecule has 2 aromatic rings. The summed E-state index contributed by atoms with van der Waals surface area (Å²) in [6.07, 6.45) is 8.33. The summed E-state index contributed by atoms with van der Waals surface area (Å²) in [5, 5.41) is 3.59. The standard InChI is InChI=1S/C17H24N4/c1-15(19-8-12-20-11-7-18-14-20)16-5-4-6-17(13-16)21-9-2-3-10-21/h4-7,11,13-15,19H,2-3,8-10,12H2,1H3. The van der Waals surface area contributed by atoms with Gasteiger partial charge in [-0.2, -0.15) is 0 Å². The molecular formula is C17H24N4. The van der Waals surface area contributed by atoms with Gasteiger partial charge in [0.15, 0.2) is 0 Å². The van der Waals surface area contributed by atoms with Crippen molar-refractivity contribution in [2.45, 2.75) is 32.4 Å². The van der Waals surface area contributed by atoms with Crippen molar-refractivity contribution in [2.24, 2.45) is 0 Å². The number of rotatable bonds is 6. The van der Waals surface area contributed by atoms with Gasteiger partial charge in [-0.15, -0.1) is 0 Å². The molecule has 1 saturated heterocycles. The number of anilines is 1. The Bertz CT molecular complexity index is 544. The molecule has 1 aromatic carbocycles. The summed E-state index contributed by atoms with van der Waals surface area (Å²) in [5.41, 5.74) is 2.73. The summed E-state index contributed by atoms with van der Waals surface area (Å²) in [4.78, 5) is 6.55. The van der Waals surface area contributed by atoms with Gasteiger partial charge in [0.25, 0.3) is 0 Å². The van der Waals surface area contributed by atoms with Crippen molar-refractivity contribution in [3.63, 3.8) is 0 Å². The third kappa shape index (κ3) is 3.64. The molecular weight excluding hydrogens is 260 g/mol. The maximum atomic E-state index is 4.06. The number of imidazole rings is 1. The first-order chi connectivity index (χ1) is 10.3. The van der Waals surface area contributed by atoms with Crippen LogP contribution in [0.3, 0.4) is 0 Å². The van der Waals surface area contributed by atoms with Gasteiger partial charge in [0.05, 0.1) is 6.33 Å². The van der Waals surface area contributed by atoms with E-state index in [1.807, 2.05) is 18.7 Å². The van der Waals surface area contributed by atoms with E-state index in [-0.39, 0.29) is 0 Å². The Labute approximate surface area is 126 Å². The van der Waals surface area contributed by atoms with E-state index in [0.717, 1.165) is 13.1 Å². The summed E-state index contributed by atoms with van der Waals surface area (Å²) in [6.45, 7) is 6.54. The minimum absolute atomic E-state index is 0.371. The fourth-order valence-electron chi connectivity index (χ4n) is 2.91. The van der Waals surface area contributed by atoms with Gasteiger partial charge in [-0.25, -0.2) is 4.98 Å². The van der Waals surface area contributed by atoms with Crippen molar-refractivity contribution in [2.75, 3.05) is 24.5 Å². The third-order valence-corrected chi connectivity index (χ3v) is 4.22. The number of hydrogen-bond acceptors (Lipinski definition) is 3. The van der Waals surface area contributed by atoms with Crippen molar-refractivity contribution in [1.29, 1.82) is 0 Å². The topological polar surface area (TPSA) is 33.1 Å². The molecule has 2 heterocycles. The normalized spacial score (nSPS) is 16.3. The Balaban J connectivity index is 1.56. The fraction of sp³-hybridized carbons (Fsp3) is 0.471. The van der Waals surface area contributed by atoms with Crippen LogP contribution in [0.2, 0.25) is 0 Å². The molecule has 1 unspecified atom stereocenters. The molecule has 21 heavy (non-hydrogen) atoms. The van der Waals surface area contributed by atoms with Gasteiger partial charge >= 0.3 is 0 Å². The molecule has 0 radical (unpaired) electrons. The highest BCUT2D eigenvalue weighted by molar-refractivity contribution is 5.49. The van der Waals surface area contributed by atoms with Crippen LogP contribution in [-0.4, -0.2) is 29.2 Å². The minimum Gasteiger partial charge on any atom is -0.372 e. The van der Waals surface area contributed by atoms with Crippen LogP contribution in [0.5, 0.6) is 0 Å². The van der Waals surface area contributed by atoms with Gasteiger partial charge < -0.3 is 14.8 Å². The van der Waals surface area contributed by atoms with E-state index >= 15 is 0 Å². The summed E-state index contributed by atoms with van der Waals surface area (Å²) in [5.74, 6) is 0. The summed E-state index contributed by atoms with van der Waals surface area (Å²) in [7, 11) is 0. The van der Waals surface area contributed by atoms with E-state index in [1.54, 1.807) is 0 Å². The van der Waals surface area contributed by atoms with Crippen molar-refractivity contribution in [1.82, 2.24) is 14.9 Å². The largest absolute Gasteiger partial charge is 0.372 e. The lowest BCUT2D eigenvalue weighted by molar-refractivity contribution is 0.531. The van der Waals surface area contributed by atoms with Gasteiger partial charge in [0.1, 0.15) is 0 Å². The first kappa shape index (κ1) is 14.1. The van der Waals surface area contributed by atoms with Crippen molar-refractivity contribution < 1.29 is 0 Å². The molecule has 112 valence electrons. The van der Waals surface area contributed by atoms with Gasteiger partial charge in [-0.05, 0) is 37.5 Å². The van der Waals surface area contributed by atoms with Gasteiger partial charge in [0, 0.05) is 50.3 Å². The predicted molar refractivity (Wildman–Crippen MR) is 86.5 cm³/mol. The maximum Gasteiger partial charge on any atom is 0.0946 e. The molecule has 0 bridgehead atoms. The minimum atomic E-state index is 0.371. The molecule has 0 aliphatic carbocycles. The SMILES string of the molecule is CC(NCCn1ccnc1)c1cccc(N2CCCC2)c1. The van der Waals surface area contributed by atoms with Crippen LogP contribution in [0.1, 0.15) is 31.4 Å². The molecule has 1 aliphatic heterocycles. The summed E-state index contributed by atoms with van der Waals surface area (Å²) in [6, 6.07) is 9.33.